The van der Waals surface area contributed by atoms with E-state index in [9.17, 15) is 19.8 Å². The van der Waals surface area contributed by atoms with Crippen molar-refractivity contribution in [1.29, 1.82) is 0 Å². The van der Waals surface area contributed by atoms with Gasteiger partial charge in [-0.2, -0.15) is 0 Å². The zero-order valence-corrected chi connectivity index (χ0v) is 28.9. The molecule has 8 nitrogen and oxygen atoms in total. The maximum Gasteiger partial charge on any atom is 0.330 e. The Morgan fingerprint density at radius 2 is 1.74 bits per heavy atom. The number of ketones is 1. The number of Topliss-reactive ketones (excluding diaryl/α,β-unsaturated/α-hetero) is 1. The van der Waals surface area contributed by atoms with Crippen LogP contribution in [0.15, 0.2) is 52.7 Å². The fraction of sp³-hybridized carbons (Fsp3) is 0.538. The number of aliphatic carboxylic acids is 1. The van der Waals surface area contributed by atoms with Crippen molar-refractivity contribution >= 4 is 17.8 Å². The minimum absolute atomic E-state index is 0.0397. The number of rotatable bonds is 8. The first-order valence-electron chi connectivity index (χ1n) is 16.7. The predicted molar refractivity (Wildman–Crippen MR) is 180 cm³/mol. The van der Waals surface area contributed by atoms with Crippen LogP contribution in [-0.2, 0) is 20.7 Å². The van der Waals surface area contributed by atoms with E-state index in [1.807, 2.05) is 52.8 Å². The van der Waals surface area contributed by atoms with Gasteiger partial charge in [0.15, 0.2) is 11.4 Å². The van der Waals surface area contributed by atoms with Crippen molar-refractivity contribution in [3.05, 3.63) is 69.4 Å². The number of carboxylic acid groups (broad SMARTS) is 1. The Hall–Kier alpha value is -3.62. The van der Waals surface area contributed by atoms with Crippen LogP contribution in [0.1, 0.15) is 103 Å². The molecule has 6 aliphatic rings. The topological polar surface area (TPSA) is 112 Å². The summed E-state index contributed by atoms with van der Waals surface area (Å²) in [7, 11) is 0. The van der Waals surface area contributed by atoms with Crippen molar-refractivity contribution in [3.63, 3.8) is 0 Å². The number of phenols is 1. The summed E-state index contributed by atoms with van der Waals surface area (Å²) in [4.78, 5) is 26.8. The molecule has 5 atom stereocenters. The number of carbonyl (C=O) groups excluding carboxylic acids is 1. The van der Waals surface area contributed by atoms with Gasteiger partial charge in [-0.3, -0.25) is 4.79 Å². The molecule has 0 amide bonds. The Morgan fingerprint density at radius 1 is 1.02 bits per heavy atom. The summed E-state index contributed by atoms with van der Waals surface area (Å²) in [5.41, 5.74) is 0.401. The predicted octanol–water partition coefficient (Wildman–Crippen LogP) is 7.69. The van der Waals surface area contributed by atoms with Crippen LogP contribution in [0, 0.1) is 11.8 Å². The standard InChI is InChI=1S/C39H48O8/c1-22(2)10-9-15-37(8)16-14-26-31(40)30-32(41)28-18-25-19-29-36(6,7)47-38(21-44-20-25,17-13-24(5)35(42)43)39(28,29)46-34(30)27(33(26)45-37)12-11-23(3)4/h10-11,13-14,16,18,25,29,40H,9,12,15,17,19-21H2,1-8H3,(H,42,43)/b24-13-/t25-,29+,37?,38+,39-/m1/s1. The highest BCUT2D eigenvalue weighted by molar-refractivity contribution is 6.16. The van der Waals surface area contributed by atoms with Crippen LogP contribution in [-0.4, -0.2) is 57.6 Å². The van der Waals surface area contributed by atoms with Crippen molar-refractivity contribution in [2.24, 2.45) is 11.8 Å². The molecule has 4 bridgehead atoms. The highest BCUT2D eigenvalue weighted by Gasteiger charge is 2.75. The SMILES string of the molecule is CC(C)=CCCC1(C)C=Cc2c(O)c3c(c(CC=C(C)C)c2O1)O[C@@]12C(=C[C@H]4COC[C@]1(C/C=C(/C)C(=O)O)OC(C)(C)[C@@H]2C4)C3=O. The number of allylic oxidation sites excluding steroid dienone is 4. The molecule has 2 saturated heterocycles. The first-order chi connectivity index (χ1) is 22.0. The molecule has 7 rings (SSSR count). The Kier molecular flexibility index (Phi) is 8.16. The minimum atomic E-state index is -1.29. The summed E-state index contributed by atoms with van der Waals surface area (Å²) >= 11 is 0. The highest BCUT2D eigenvalue weighted by Crippen LogP contribution is 2.65. The molecule has 0 aromatic heterocycles. The number of carbonyl (C=O) groups is 2. The van der Waals surface area contributed by atoms with Gasteiger partial charge in [0.05, 0.1) is 24.4 Å². The third-order valence-corrected chi connectivity index (χ3v) is 10.6. The van der Waals surface area contributed by atoms with E-state index in [4.69, 9.17) is 18.9 Å². The van der Waals surface area contributed by atoms with Gasteiger partial charge in [0.25, 0.3) is 0 Å². The van der Waals surface area contributed by atoms with E-state index < -0.39 is 28.4 Å². The number of carboxylic acids is 1. The summed E-state index contributed by atoms with van der Waals surface area (Å²) in [5.74, 6) is -0.948. The zero-order chi connectivity index (χ0) is 34.1. The molecular weight excluding hydrogens is 596 g/mol. The molecule has 1 spiro atoms. The number of fused-ring (bicyclic) bond motifs is 4. The number of aromatic hydroxyl groups is 1. The van der Waals surface area contributed by atoms with E-state index in [-0.39, 0.29) is 47.5 Å². The highest BCUT2D eigenvalue weighted by atomic mass is 16.6. The van der Waals surface area contributed by atoms with Gasteiger partial charge in [-0.15, -0.1) is 0 Å². The molecule has 252 valence electrons. The Labute approximate surface area is 277 Å². The van der Waals surface area contributed by atoms with Crippen molar-refractivity contribution < 1.29 is 38.7 Å². The lowest BCUT2D eigenvalue weighted by Crippen LogP contribution is -2.67. The largest absolute Gasteiger partial charge is 0.506 e. The van der Waals surface area contributed by atoms with Gasteiger partial charge < -0.3 is 29.2 Å². The Bertz CT molecular complexity index is 1680. The molecular formula is C39H48O8. The smallest absolute Gasteiger partial charge is 0.330 e. The number of phenolic OH excluding ortho intramolecular Hbond substituents is 1. The molecule has 1 aromatic rings. The van der Waals surface area contributed by atoms with Crippen molar-refractivity contribution in [1.82, 2.24) is 0 Å². The van der Waals surface area contributed by atoms with E-state index in [2.05, 4.69) is 26.0 Å². The lowest BCUT2D eigenvalue weighted by atomic mass is 9.58. The summed E-state index contributed by atoms with van der Waals surface area (Å²) < 4.78 is 27.4. The van der Waals surface area contributed by atoms with Gasteiger partial charge in [0.2, 0.25) is 0 Å². The zero-order valence-electron chi connectivity index (χ0n) is 28.9. The average molecular weight is 645 g/mol. The van der Waals surface area contributed by atoms with Crippen LogP contribution < -0.4 is 9.47 Å². The number of benzene rings is 1. The Balaban J connectivity index is 1.60. The molecule has 1 unspecified atom stereocenters. The molecule has 2 fully saturated rings. The lowest BCUT2D eigenvalue weighted by Gasteiger charge is -2.54. The number of hydrogen-bond acceptors (Lipinski definition) is 7. The number of hydrogen-bond donors (Lipinski definition) is 2. The quantitative estimate of drug-likeness (QED) is 0.219. The number of ether oxygens (including phenoxy) is 4. The fourth-order valence-corrected chi connectivity index (χ4v) is 8.28. The van der Waals surface area contributed by atoms with Crippen LogP contribution in [0.4, 0.5) is 0 Å². The summed E-state index contributed by atoms with van der Waals surface area (Å²) in [5, 5.41) is 21.6. The molecule has 5 aliphatic heterocycles. The maximum absolute atomic E-state index is 14.9. The minimum Gasteiger partial charge on any atom is -0.506 e. The second kappa shape index (κ2) is 11.5. The molecule has 0 saturated carbocycles. The molecule has 0 radical (unpaired) electrons. The molecule has 5 heterocycles. The van der Waals surface area contributed by atoms with Gasteiger partial charge in [-0.1, -0.05) is 35.5 Å². The van der Waals surface area contributed by atoms with Gasteiger partial charge in [0.1, 0.15) is 34.0 Å². The van der Waals surface area contributed by atoms with Crippen LogP contribution >= 0.6 is 0 Å². The normalized spacial score (nSPS) is 31.3. The average Bonchev–Trinajstić information content (AvgIpc) is 3.18. The van der Waals surface area contributed by atoms with Crippen LogP contribution in [0.3, 0.4) is 0 Å². The second-order valence-corrected chi connectivity index (χ2v) is 15.2. The third kappa shape index (κ3) is 5.28. The molecule has 1 aromatic carbocycles. The van der Waals surface area contributed by atoms with E-state index in [1.54, 1.807) is 13.0 Å². The van der Waals surface area contributed by atoms with E-state index in [0.29, 0.717) is 47.6 Å². The molecule has 1 aliphatic carbocycles. The van der Waals surface area contributed by atoms with Crippen molar-refractivity contribution in [2.45, 2.75) is 110 Å². The van der Waals surface area contributed by atoms with Gasteiger partial charge >= 0.3 is 5.97 Å². The van der Waals surface area contributed by atoms with Crippen LogP contribution in [0.2, 0.25) is 0 Å². The summed E-state index contributed by atoms with van der Waals surface area (Å²) in [6.07, 6.45) is 14.5. The third-order valence-electron chi connectivity index (χ3n) is 10.6. The van der Waals surface area contributed by atoms with Gasteiger partial charge in [-0.05, 0) is 93.2 Å². The van der Waals surface area contributed by atoms with E-state index >= 15 is 0 Å². The van der Waals surface area contributed by atoms with E-state index in [0.717, 1.165) is 18.4 Å². The lowest BCUT2D eigenvalue weighted by molar-refractivity contribution is -0.166. The van der Waals surface area contributed by atoms with Crippen LogP contribution in [0.25, 0.3) is 6.08 Å². The maximum atomic E-state index is 14.9. The fourth-order valence-electron chi connectivity index (χ4n) is 8.28. The van der Waals surface area contributed by atoms with Crippen LogP contribution in [0.5, 0.6) is 17.2 Å². The Morgan fingerprint density at radius 3 is 2.43 bits per heavy atom. The summed E-state index contributed by atoms with van der Waals surface area (Å²) in [6, 6.07) is 0. The molecule has 47 heavy (non-hydrogen) atoms. The van der Waals surface area contributed by atoms with Gasteiger partial charge in [0, 0.05) is 35.0 Å². The van der Waals surface area contributed by atoms with Crippen molar-refractivity contribution in [2.75, 3.05) is 13.2 Å². The monoisotopic (exact) mass is 644 g/mol. The van der Waals surface area contributed by atoms with E-state index in [1.165, 1.54) is 5.57 Å². The molecule has 2 N–H and O–H groups in total. The first-order valence-corrected chi connectivity index (χ1v) is 16.7. The second-order valence-electron chi connectivity index (χ2n) is 15.2. The summed E-state index contributed by atoms with van der Waals surface area (Å²) in [6.45, 7) is 16.3. The van der Waals surface area contributed by atoms with Crippen molar-refractivity contribution in [3.8, 4) is 17.2 Å². The van der Waals surface area contributed by atoms with Gasteiger partial charge in [-0.25, -0.2) is 4.79 Å². The first kappa shape index (κ1) is 33.3. The molecule has 8 heteroatoms.